The predicted molar refractivity (Wildman–Crippen MR) is 73.2 cm³/mol. The minimum Gasteiger partial charge on any atom is -0.462 e. The van der Waals surface area contributed by atoms with Crippen molar-refractivity contribution in [1.29, 1.82) is 0 Å². The molecule has 1 saturated carbocycles. The Kier molecular flexibility index (Phi) is 3.01. The van der Waals surface area contributed by atoms with Crippen LogP contribution in [0.5, 0.6) is 0 Å². The van der Waals surface area contributed by atoms with E-state index in [9.17, 15) is 8.78 Å². The van der Waals surface area contributed by atoms with Gasteiger partial charge in [-0.3, -0.25) is 0 Å². The minimum absolute atomic E-state index is 0.0762. The molecule has 1 heterocycles. The summed E-state index contributed by atoms with van der Waals surface area (Å²) in [6, 6.07) is 2.80. The SMILES string of the molecule is CNc1cc(F)c(Cl)c(C2(CF)N=C(N)OC3CC32)c1. The van der Waals surface area contributed by atoms with Gasteiger partial charge in [0.05, 0.1) is 5.02 Å². The Bertz CT molecular complexity index is 595. The van der Waals surface area contributed by atoms with Crippen molar-refractivity contribution in [2.75, 3.05) is 19.0 Å². The summed E-state index contributed by atoms with van der Waals surface area (Å²) in [4.78, 5) is 4.12. The van der Waals surface area contributed by atoms with E-state index in [0.717, 1.165) is 0 Å². The van der Waals surface area contributed by atoms with E-state index in [1.807, 2.05) is 0 Å². The van der Waals surface area contributed by atoms with Gasteiger partial charge in [-0.05, 0) is 18.6 Å². The zero-order chi connectivity index (χ0) is 14.5. The van der Waals surface area contributed by atoms with Crippen LogP contribution in [0.15, 0.2) is 17.1 Å². The molecule has 3 unspecified atom stereocenters. The molecule has 1 aliphatic heterocycles. The molecule has 0 radical (unpaired) electrons. The van der Waals surface area contributed by atoms with Gasteiger partial charge in [-0.15, -0.1) is 0 Å². The predicted octanol–water partition coefficient (Wildman–Crippen LogP) is 2.42. The highest BCUT2D eigenvalue weighted by Gasteiger charge is 2.60. The Balaban J connectivity index is 2.19. The number of nitrogens with one attached hydrogen (secondary N) is 1. The Morgan fingerprint density at radius 3 is 3.00 bits per heavy atom. The molecule has 108 valence electrons. The van der Waals surface area contributed by atoms with Gasteiger partial charge < -0.3 is 15.8 Å². The highest BCUT2D eigenvalue weighted by atomic mass is 35.5. The van der Waals surface area contributed by atoms with E-state index in [1.165, 1.54) is 6.07 Å². The molecule has 0 spiro atoms. The van der Waals surface area contributed by atoms with Crippen molar-refractivity contribution in [3.63, 3.8) is 0 Å². The first-order chi connectivity index (χ1) is 9.51. The maximum absolute atomic E-state index is 13.9. The molecule has 0 amide bonds. The number of nitrogens with two attached hydrogens (primary N) is 1. The quantitative estimate of drug-likeness (QED) is 0.901. The van der Waals surface area contributed by atoms with E-state index >= 15 is 0 Å². The summed E-state index contributed by atoms with van der Waals surface area (Å²) < 4.78 is 33.0. The van der Waals surface area contributed by atoms with Crippen molar-refractivity contribution in [3.8, 4) is 0 Å². The van der Waals surface area contributed by atoms with Gasteiger partial charge in [0.1, 0.15) is 24.1 Å². The number of aliphatic imine (C=N–C) groups is 1. The zero-order valence-electron chi connectivity index (χ0n) is 10.8. The van der Waals surface area contributed by atoms with E-state index in [0.29, 0.717) is 17.7 Å². The maximum Gasteiger partial charge on any atom is 0.283 e. The van der Waals surface area contributed by atoms with Gasteiger partial charge in [0.15, 0.2) is 0 Å². The molecule has 3 N–H and O–H groups in total. The average Bonchev–Trinajstić information content (AvgIpc) is 3.20. The lowest BCUT2D eigenvalue weighted by molar-refractivity contribution is 0.170. The number of amidine groups is 1. The topological polar surface area (TPSA) is 59.6 Å². The number of hydrogen-bond acceptors (Lipinski definition) is 4. The van der Waals surface area contributed by atoms with Crippen LogP contribution < -0.4 is 11.1 Å². The maximum atomic E-state index is 13.9. The summed E-state index contributed by atoms with van der Waals surface area (Å²) in [6.45, 7) is -0.801. The largest absolute Gasteiger partial charge is 0.462 e. The number of anilines is 1. The van der Waals surface area contributed by atoms with Crippen LogP contribution in [0.2, 0.25) is 5.02 Å². The van der Waals surface area contributed by atoms with Crippen LogP contribution in [-0.2, 0) is 10.3 Å². The third kappa shape index (κ3) is 1.82. The highest BCUT2D eigenvalue weighted by Crippen LogP contribution is 2.54. The fourth-order valence-electron chi connectivity index (χ4n) is 2.77. The van der Waals surface area contributed by atoms with Gasteiger partial charge in [-0.25, -0.2) is 13.8 Å². The summed E-state index contributed by atoms with van der Waals surface area (Å²) in [5.41, 5.74) is 5.17. The molecule has 0 aromatic heterocycles. The van der Waals surface area contributed by atoms with Gasteiger partial charge in [-0.2, -0.15) is 0 Å². The first kappa shape index (κ1) is 13.4. The first-order valence-electron chi connectivity index (χ1n) is 6.27. The third-order valence-corrected chi connectivity index (χ3v) is 4.30. The number of rotatable bonds is 3. The van der Waals surface area contributed by atoms with Crippen LogP contribution in [0.1, 0.15) is 12.0 Å². The summed E-state index contributed by atoms with van der Waals surface area (Å²) in [7, 11) is 1.65. The van der Waals surface area contributed by atoms with Crippen molar-refractivity contribution < 1.29 is 13.5 Å². The first-order valence-corrected chi connectivity index (χ1v) is 6.65. The second-order valence-corrected chi connectivity index (χ2v) is 5.45. The Hall–Kier alpha value is -1.56. The lowest BCUT2D eigenvalue weighted by atomic mass is 9.85. The summed E-state index contributed by atoms with van der Waals surface area (Å²) in [6.07, 6.45) is 0.469. The number of nitrogens with zero attached hydrogens (tertiary/aromatic N) is 1. The molecule has 4 nitrogen and oxygen atoms in total. The van der Waals surface area contributed by atoms with Crippen LogP contribution in [0.25, 0.3) is 0 Å². The standard InChI is InChI=1S/C13H14ClF2N3O/c1-18-6-2-8(11(14)9(16)3-6)13(5-15)7-4-10(7)20-12(17)19-13/h2-3,7,10,18H,4-5H2,1H3,(H2,17,19). The smallest absolute Gasteiger partial charge is 0.283 e. The molecule has 7 heteroatoms. The summed E-state index contributed by atoms with van der Waals surface area (Å²) in [5, 5.41) is 2.70. The summed E-state index contributed by atoms with van der Waals surface area (Å²) >= 11 is 6.04. The highest BCUT2D eigenvalue weighted by molar-refractivity contribution is 6.31. The lowest BCUT2D eigenvalue weighted by Crippen LogP contribution is -2.39. The number of hydrogen-bond donors (Lipinski definition) is 2. The van der Waals surface area contributed by atoms with Crippen LogP contribution in [0, 0.1) is 11.7 Å². The summed E-state index contributed by atoms with van der Waals surface area (Å²) in [5.74, 6) is -0.775. The zero-order valence-corrected chi connectivity index (χ0v) is 11.5. The van der Waals surface area contributed by atoms with Crippen LogP contribution >= 0.6 is 11.6 Å². The van der Waals surface area contributed by atoms with Gasteiger partial charge in [-0.1, -0.05) is 11.6 Å². The normalized spacial score (nSPS) is 31.1. The number of fused-ring (bicyclic) bond motifs is 1. The lowest BCUT2D eigenvalue weighted by Gasteiger charge is -2.32. The van der Waals surface area contributed by atoms with Crippen molar-refractivity contribution in [1.82, 2.24) is 0 Å². The van der Waals surface area contributed by atoms with Gasteiger partial charge in [0, 0.05) is 24.2 Å². The minimum atomic E-state index is -1.25. The van der Waals surface area contributed by atoms with Crippen molar-refractivity contribution in [2.24, 2.45) is 16.6 Å². The molecular formula is C13H14ClF2N3O. The Labute approximate surface area is 120 Å². The van der Waals surface area contributed by atoms with E-state index in [1.54, 1.807) is 13.1 Å². The van der Waals surface area contributed by atoms with E-state index in [4.69, 9.17) is 22.1 Å². The molecular weight excluding hydrogens is 288 g/mol. The van der Waals surface area contributed by atoms with E-state index < -0.39 is 18.0 Å². The van der Waals surface area contributed by atoms with Crippen LogP contribution in [-0.4, -0.2) is 25.8 Å². The number of halogens is 3. The molecule has 1 aromatic rings. The molecule has 0 bridgehead atoms. The second-order valence-electron chi connectivity index (χ2n) is 5.08. The molecule has 3 atom stereocenters. The second kappa shape index (κ2) is 4.48. The molecule has 20 heavy (non-hydrogen) atoms. The monoisotopic (exact) mass is 301 g/mol. The van der Waals surface area contributed by atoms with Crippen molar-refractivity contribution >= 4 is 23.3 Å². The van der Waals surface area contributed by atoms with Crippen molar-refractivity contribution in [2.45, 2.75) is 18.1 Å². The fourth-order valence-corrected chi connectivity index (χ4v) is 3.05. The van der Waals surface area contributed by atoms with Gasteiger partial charge in [0.2, 0.25) is 0 Å². The Morgan fingerprint density at radius 1 is 1.60 bits per heavy atom. The number of alkyl halides is 1. The third-order valence-electron chi connectivity index (χ3n) is 3.91. The molecule has 1 aliphatic carbocycles. The van der Waals surface area contributed by atoms with Gasteiger partial charge >= 0.3 is 0 Å². The van der Waals surface area contributed by atoms with E-state index in [-0.39, 0.29) is 23.1 Å². The molecule has 2 aliphatic rings. The number of ether oxygens (including phenoxy) is 1. The van der Waals surface area contributed by atoms with E-state index in [2.05, 4.69) is 10.3 Å². The van der Waals surface area contributed by atoms with Crippen LogP contribution in [0.3, 0.4) is 0 Å². The molecule has 0 saturated heterocycles. The number of benzene rings is 1. The van der Waals surface area contributed by atoms with Crippen LogP contribution in [0.4, 0.5) is 14.5 Å². The fraction of sp³-hybridized carbons (Fsp3) is 0.462. The Morgan fingerprint density at radius 2 is 2.35 bits per heavy atom. The molecule has 1 fully saturated rings. The van der Waals surface area contributed by atoms with Gasteiger partial charge in [0.25, 0.3) is 6.02 Å². The molecule has 3 rings (SSSR count). The average molecular weight is 302 g/mol. The molecule has 1 aromatic carbocycles. The van der Waals surface area contributed by atoms with Crippen molar-refractivity contribution in [3.05, 3.63) is 28.5 Å².